The molecule has 1 aliphatic heterocycles. The third-order valence-corrected chi connectivity index (χ3v) is 2.84. The summed E-state index contributed by atoms with van der Waals surface area (Å²) in [6, 6.07) is 5.20. The van der Waals surface area contributed by atoms with Gasteiger partial charge in [-0.2, -0.15) is 0 Å². The van der Waals surface area contributed by atoms with E-state index in [0.29, 0.717) is 26.2 Å². The first-order valence-electron chi connectivity index (χ1n) is 5.63. The summed E-state index contributed by atoms with van der Waals surface area (Å²) in [4.78, 5) is 2.16. The van der Waals surface area contributed by atoms with Crippen molar-refractivity contribution < 1.29 is 9.13 Å². The second-order valence-electron chi connectivity index (χ2n) is 3.88. The van der Waals surface area contributed by atoms with Crippen molar-refractivity contribution >= 4 is 5.69 Å². The molecule has 0 spiro atoms. The summed E-state index contributed by atoms with van der Waals surface area (Å²) >= 11 is 0. The van der Waals surface area contributed by atoms with Crippen LogP contribution in [-0.4, -0.2) is 32.8 Å². The fourth-order valence-electron chi connectivity index (χ4n) is 2.04. The normalized spacial score (nSPS) is 16.5. The lowest BCUT2D eigenvalue weighted by atomic mass is 10.1. The topological polar surface area (TPSA) is 38.5 Å². The van der Waals surface area contributed by atoms with E-state index in [-0.39, 0.29) is 5.82 Å². The summed E-state index contributed by atoms with van der Waals surface area (Å²) in [5, 5.41) is 0. The van der Waals surface area contributed by atoms with Crippen LogP contribution in [0, 0.1) is 5.82 Å². The summed E-state index contributed by atoms with van der Waals surface area (Å²) in [7, 11) is 0. The monoisotopic (exact) mass is 224 g/mol. The van der Waals surface area contributed by atoms with Gasteiger partial charge >= 0.3 is 0 Å². The second kappa shape index (κ2) is 5.27. The van der Waals surface area contributed by atoms with Crippen molar-refractivity contribution in [3.05, 3.63) is 29.6 Å². The predicted molar refractivity (Wildman–Crippen MR) is 62.2 cm³/mol. The SMILES string of the molecule is NCCc1c(F)cccc1N1CCOCC1. The van der Waals surface area contributed by atoms with Crippen LogP contribution in [0.5, 0.6) is 0 Å². The Morgan fingerprint density at radius 1 is 1.31 bits per heavy atom. The van der Waals surface area contributed by atoms with Crippen molar-refractivity contribution in [1.82, 2.24) is 0 Å². The van der Waals surface area contributed by atoms with Crippen LogP contribution in [0.2, 0.25) is 0 Å². The van der Waals surface area contributed by atoms with E-state index in [1.165, 1.54) is 6.07 Å². The molecule has 0 amide bonds. The predicted octanol–water partition coefficient (Wildman–Crippen LogP) is 1.16. The molecule has 1 fully saturated rings. The summed E-state index contributed by atoms with van der Waals surface area (Å²) in [5.41, 5.74) is 7.21. The molecule has 1 saturated heterocycles. The van der Waals surface area contributed by atoms with Crippen LogP contribution in [-0.2, 0) is 11.2 Å². The molecule has 88 valence electrons. The van der Waals surface area contributed by atoms with Gasteiger partial charge in [-0.15, -0.1) is 0 Å². The number of anilines is 1. The highest BCUT2D eigenvalue weighted by atomic mass is 19.1. The van der Waals surface area contributed by atoms with Gasteiger partial charge in [-0.05, 0) is 25.1 Å². The number of ether oxygens (including phenoxy) is 1. The number of rotatable bonds is 3. The Hall–Kier alpha value is -1.13. The number of morpholine rings is 1. The van der Waals surface area contributed by atoms with Crippen LogP contribution in [0.1, 0.15) is 5.56 Å². The van der Waals surface area contributed by atoms with Crippen molar-refractivity contribution in [1.29, 1.82) is 0 Å². The highest BCUT2D eigenvalue weighted by Crippen LogP contribution is 2.24. The lowest BCUT2D eigenvalue weighted by molar-refractivity contribution is 0.122. The molecule has 0 unspecified atom stereocenters. The maximum Gasteiger partial charge on any atom is 0.128 e. The Labute approximate surface area is 95.0 Å². The Morgan fingerprint density at radius 2 is 2.06 bits per heavy atom. The molecule has 0 bridgehead atoms. The molecule has 0 saturated carbocycles. The smallest absolute Gasteiger partial charge is 0.128 e. The van der Waals surface area contributed by atoms with Gasteiger partial charge in [-0.1, -0.05) is 6.07 Å². The first-order chi connectivity index (χ1) is 7.83. The number of halogens is 1. The molecular weight excluding hydrogens is 207 g/mol. The first-order valence-corrected chi connectivity index (χ1v) is 5.63. The minimum Gasteiger partial charge on any atom is -0.378 e. The van der Waals surface area contributed by atoms with Gasteiger partial charge in [0.1, 0.15) is 5.82 Å². The van der Waals surface area contributed by atoms with Gasteiger partial charge in [0.25, 0.3) is 0 Å². The number of nitrogens with two attached hydrogens (primary N) is 1. The lowest BCUT2D eigenvalue weighted by Crippen LogP contribution is -2.37. The van der Waals surface area contributed by atoms with Gasteiger partial charge in [-0.25, -0.2) is 4.39 Å². The van der Waals surface area contributed by atoms with Gasteiger partial charge in [0.2, 0.25) is 0 Å². The van der Waals surface area contributed by atoms with Gasteiger partial charge in [0.05, 0.1) is 13.2 Å². The third kappa shape index (κ3) is 2.33. The molecule has 1 heterocycles. The molecule has 0 radical (unpaired) electrons. The van der Waals surface area contributed by atoms with E-state index in [9.17, 15) is 4.39 Å². The van der Waals surface area contributed by atoms with Crippen molar-refractivity contribution in [3.63, 3.8) is 0 Å². The average Bonchev–Trinajstić information content (AvgIpc) is 2.33. The molecule has 2 rings (SSSR count). The maximum atomic E-state index is 13.7. The molecular formula is C12H17FN2O. The standard InChI is InChI=1S/C12H17FN2O/c13-11-2-1-3-12(10(11)4-5-14)15-6-8-16-9-7-15/h1-3H,4-9,14H2. The molecule has 1 aromatic carbocycles. The second-order valence-corrected chi connectivity index (χ2v) is 3.88. The van der Waals surface area contributed by atoms with Crippen LogP contribution in [0.15, 0.2) is 18.2 Å². The van der Waals surface area contributed by atoms with Crippen molar-refractivity contribution in [2.24, 2.45) is 5.73 Å². The first kappa shape index (κ1) is 11.4. The van der Waals surface area contributed by atoms with E-state index >= 15 is 0 Å². The zero-order valence-corrected chi connectivity index (χ0v) is 9.29. The van der Waals surface area contributed by atoms with Crippen molar-refractivity contribution in [3.8, 4) is 0 Å². The highest BCUT2D eigenvalue weighted by Gasteiger charge is 2.16. The summed E-state index contributed by atoms with van der Waals surface area (Å²) in [6.07, 6.45) is 0.583. The summed E-state index contributed by atoms with van der Waals surface area (Å²) in [5.74, 6) is -0.158. The van der Waals surface area contributed by atoms with Gasteiger partial charge in [0, 0.05) is 24.3 Å². The van der Waals surface area contributed by atoms with Gasteiger partial charge in [0.15, 0.2) is 0 Å². The molecule has 2 N–H and O–H groups in total. The number of hydrogen-bond donors (Lipinski definition) is 1. The van der Waals surface area contributed by atoms with E-state index in [1.807, 2.05) is 6.07 Å². The molecule has 1 aromatic rings. The maximum absolute atomic E-state index is 13.7. The fourth-order valence-corrected chi connectivity index (χ4v) is 2.04. The number of hydrogen-bond acceptors (Lipinski definition) is 3. The van der Waals surface area contributed by atoms with E-state index in [4.69, 9.17) is 10.5 Å². The highest BCUT2D eigenvalue weighted by molar-refractivity contribution is 5.54. The molecule has 3 nitrogen and oxygen atoms in total. The van der Waals surface area contributed by atoms with Crippen LogP contribution >= 0.6 is 0 Å². The molecule has 4 heteroatoms. The van der Waals surface area contributed by atoms with Crippen molar-refractivity contribution in [2.45, 2.75) is 6.42 Å². The Morgan fingerprint density at radius 3 is 2.75 bits per heavy atom. The van der Waals surface area contributed by atoms with Gasteiger partial charge < -0.3 is 15.4 Å². The average molecular weight is 224 g/mol. The van der Waals surface area contributed by atoms with Crippen molar-refractivity contribution in [2.75, 3.05) is 37.7 Å². The fraction of sp³-hybridized carbons (Fsp3) is 0.500. The Balaban J connectivity index is 2.27. The number of benzene rings is 1. The third-order valence-electron chi connectivity index (χ3n) is 2.84. The van der Waals surface area contributed by atoms with Crippen LogP contribution in [0.25, 0.3) is 0 Å². The molecule has 0 aromatic heterocycles. The van der Waals surface area contributed by atoms with Gasteiger partial charge in [-0.3, -0.25) is 0 Å². The Bertz CT molecular complexity index is 351. The molecule has 1 aliphatic rings. The quantitative estimate of drug-likeness (QED) is 0.837. The molecule has 16 heavy (non-hydrogen) atoms. The zero-order valence-electron chi connectivity index (χ0n) is 9.29. The van der Waals surface area contributed by atoms with E-state index < -0.39 is 0 Å². The van der Waals surface area contributed by atoms with Crippen LogP contribution in [0.3, 0.4) is 0 Å². The zero-order chi connectivity index (χ0) is 11.4. The molecule has 0 atom stereocenters. The Kier molecular flexibility index (Phi) is 3.74. The van der Waals surface area contributed by atoms with Crippen LogP contribution < -0.4 is 10.6 Å². The minimum atomic E-state index is -0.158. The largest absolute Gasteiger partial charge is 0.378 e. The van der Waals surface area contributed by atoms with Crippen LogP contribution in [0.4, 0.5) is 10.1 Å². The minimum absolute atomic E-state index is 0.158. The van der Waals surface area contributed by atoms with E-state index in [1.54, 1.807) is 6.07 Å². The number of nitrogens with zero attached hydrogens (tertiary/aromatic N) is 1. The van der Waals surface area contributed by atoms with E-state index in [2.05, 4.69) is 4.90 Å². The lowest BCUT2D eigenvalue weighted by Gasteiger charge is -2.30. The molecule has 0 aliphatic carbocycles. The summed E-state index contributed by atoms with van der Waals surface area (Å²) < 4.78 is 19.0. The van der Waals surface area contributed by atoms with E-state index in [0.717, 1.165) is 24.3 Å². The summed E-state index contributed by atoms with van der Waals surface area (Å²) in [6.45, 7) is 3.53.